The second-order valence-electron chi connectivity index (χ2n) is 6.88. The van der Waals surface area contributed by atoms with Crippen molar-refractivity contribution in [2.24, 2.45) is 5.10 Å². The average Bonchev–Trinajstić information content (AvgIpc) is 2.68. The van der Waals surface area contributed by atoms with Crippen molar-refractivity contribution in [3.63, 3.8) is 0 Å². The standard InChI is InChI=1S/C22H29N3O/c1-3-16-26-22-10-8-20(9-11-22)17-23-25-14-12-24(13-15-25)18-21-6-4-19(2)5-7-21/h4-11,17H,3,12-16,18H2,1-2H3. The van der Waals surface area contributed by atoms with Crippen LogP contribution in [0.15, 0.2) is 53.6 Å². The molecule has 0 aliphatic carbocycles. The highest BCUT2D eigenvalue weighted by molar-refractivity contribution is 5.79. The van der Waals surface area contributed by atoms with Crippen LogP contribution in [-0.2, 0) is 6.54 Å². The van der Waals surface area contributed by atoms with Crippen molar-refractivity contribution in [2.45, 2.75) is 26.8 Å². The molecule has 0 N–H and O–H groups in total. The summed E-state index contributed by atoms with van der Waals surface area (Å²) in [6.07, 6.45) is 2.97. The maximum atomic E-state index is 5.61. The quantitative estimate of drug-likeness (QED) is 0.708. The Morgan fingerprint density at radius 2 is 1.65 bits per heavy atom. The summed E-state index contributed by atoms with van der Waals surface area (Å²) >= 11 is 0. The zero-order valence-electron chi connectivity index (χ0n) is 15.9. The monoisotopic (exact) mass is 351 g/mol. The number of ether oxygens (including phenoxy) is 1. The van der Waals surface area contributed by atoms with E-state index in [-0.39, 0.29) is 0 Å². The molecule has 0 atom stereocenters. The SMILES string of the molecule is CCCOc1ccc(C=NN2CCN(Cc3ccc(C)cc3)CC2)cc1. The molecule has 0 spiro atoms. The van der Waals surface area contributed by atoms with E-state index < -0.39 is 0 Å². The first kappa shape index (κ1) is 18.5. The Hall–Kier alpha value is -2.33. The lowest BCUT2D eigenvalue weighted by Gasteiger charge is -2.33. The number of hydrogen-bond acceptors (Lipinski definition) is 4. The summed E-state index contributed by atoms with van der Waals surface area (Å²) in [4.78, 5) is 2.50. The van der Waals surface area contributed by atoms with Gasteiger partial charge in [0.1, 0.15) is 5.75 Å². The second kappa shape index (κ2) is 9.39. The minimum atomic E-state index is 0.764. The lowest BCUT2D eigenvalue weighted by Crippen LogP contribution is -2.43. The third-order valence-corrected chi connectivity index (χ3v) is 4.60. The highest BCUT2D eigenvalue weighted by atomic mass is 16.5. The first-order valence-electron chi connectivity index (χ1n) is 9.52. The molecule has 3 rings (SSSR count). The van der Waals surface area contributed by atoms with Gasteiger partial charge < -0.3 is 4.74 Å². The highest BCUT2D eigenvalue weighted by Crippen LogP contribution is 2.12. The summed E-state index contributed by atoms with van der Waals surface area (Å²) in [5, 5.41) is 6.80. The number of hydrogen-bond donors (Lipinski definition) is 0. The van der Waals surface area contributed by atoms with Crippen LogP contribution in [0.5, 0.6) is 5.75 Å². The van der Waals surface area contributed by atoms with E-state index in [9.17, 15) is 0 Å². The summed E-state index contributed by atoms with van der Waals surface area (Å²) in [6, 6.07) is 17.0. The number of benzene rings is 2. The lowest BCUT2D eigenvalue weighted by atomic mass is 10.1. The van der Waals surface area contributed by atoms with Crippen molar-refractivity contribution >= 4 is 6.21 Å². The van der Waals surface area contributed by atoms with Crippen LogP contribution in [-0.4, -0.2) is 48.9 Å². The zero-order valence-corrected chi connectivity index (χ0v) is 15.9. The van der Waals surface area contributed by atoms with Gasteiger partial charge in [0.05, 0.1) is 12.8 Å². The van der Waals surface area contributed by atoms with Crippen LogP contribution < -0.4 is 4.74 Å². The Kier molecular flexibility index (Phi) is 6.67. The Balaban J connectivity index is 1.44. The van der Waals surface area contributed by atoms with E-state index in [1.54, 1.807) is 0 Å². The van der Waals surface area contributed by atoms with E-state index in [1.807, 2.05) is 18.3 Å². The molecule has 4 nitrogen and oxygen atoms in total. The van der Waals surface area contributed by atoms with Crippen molar-refractivity contribution in [2.75, 3.05) is 32.8 Å². The van der Waals surface area contributed by atoms with Crippen LogP contribution in [0.2, 0.25) is 0 Å². The predicted molar refractivity (Wildman–Crippen MR) is 108 cm³/mol. The van der Waals surface area contributed by atoms with Gasteiger partial charge in [0, 0.05) is 32.7 Å². The van der Waals surface area contributed by atoms with Gasteiger partial charge in [0.15, 0.2) is 0 Å². The van der Waals surface area contributed by atoms with E-state index in [0.717, 1.165) is 57.1 Å². The zero-order chi connectivity index (χ0) is 18.2. The highest BCUT2D eigenvalue weighted by Gasteiger charge is 2.15. The fourth-order valence-electron chi connectivity index (χ4n) is 2.98. The van der Waals surface area contributed by atoms with Gasteiger partial charge in [-0.05, 0) is 48.7 Å². The third kappa shape index (κ3) is 5.60. The molecule has 26 heavy (non-hydrogen) atoms. The van der Waals surface area contributed by atoms with Crippen LogP contribution in [0, 0.1) is 6.92 Å². The molecule has 0 radical (unpaired) electrons. The fraction of sp³-hybridized carbons (Fsp3) is 0.409. The summed E-state index contributed by atoms with van der Waals surface area (Å²) in [5.74, 6) is 0.925. The first-order valence-corrected chi connectivity index (χ1v) is 9.52. The number of hydrazone groups is 1. The smallest absolute Gasteiger partial charge is 0.119 e. The van der Waals surface area contributed by atoms with E-state index in [4.69, 9.17) is 4.74 Å². The van der Waals surface area contributed by atoms with Gasteiger partial charge in [-0.25, -0.2) is 0 Å². The van der Waals surface area contributed by atoms with Gasteiger partial charge in [-0.1, -0.05) is 36.8 Å². The van der Waals surface area contributed by atoms with Gasteiger partial charge in [-0.15, -0.1) is 0 Å². The maximum Gasteiger partial charge on any atom is 0.119 e. The van der Waals surface area contributed by atoms with Crippen molar-refractivity contribution in [1.29, 1.82) is 0 Å². The van der Waals surface area contributed by atoms with Gasteiger partial charge >= 0.3 is 0 Å². The molecule has 2 aromatic carbocycles. The average molecular weight is 351 g/mol. The predicted octanol–water partition coefficient (Wildman–Crippen LogP) is 3.94. The van der Waals surface area contributed by atoms with E-state index in [1.165, 1.54) is 11.1 Å². The lowest BCUT2D eigenvalue weighted by molar-refractivity contribution is 0.131. The van der Waals surface area contributed by atoms with Crippen LogP contribution in [0.25, 0.3) is 0 Å². The molecule has 0 unspecified atom stereocenters. The van der Waals surface area contributed by atoms with E-state index in [2.05, 4.69) is 65.3 Å². The van der Waals surface area contributed by atoms with E-state index in [0.29, 0.717) is 0 Å². The Labute approximate surface area is 157 Å². The van der Waals surface area contributed by atoms with Crippen molar-refractivity contribution in [3.8, 4) is 5.75 Å². The first-order chi connectivity index (χ1) is 12.7. The van der Waals surface area contributed by atoms with Crippen LogP contribution in [0.3, 0.4) is 0 Å². The van der Waals surface area contributed by atoms with Crippen LogP contribution in [0.4, 0.5) is 0 Å². The summed E-state index contributed by atoms with van der Waals surface area (Å²) in [5.41, 5.74) is 3.81. The molecule has 0 saturated carbocycles. The molecule has 1 aliphatic heterocycles. The molecule has 1 aliphatic rings. The molecule has 4 heteroatoms. The number of piperazine rings is 1. The second-order valence-corrected chi connectivity index (χ2v) is 6.88. The fourth-order valence-corrected chi connectivity index (χ4v) is 2.98. The molecule has 138 valence electrons. The molecular weight excluding hydrogens is 322 g/mol. The Bertz CT molecular complexity index is 686. The Morgan fingerprint density at radius 3 is 2.31 bits per heavy atom. The summed E-state index contributed by atoms with van der Waals surface area (Å²) in [7, 11) is 0. The van der Waals surface area contributed by atoms with Crippen LogP contribution in [0.1, 0.15) is 30.0 Å². The molecular formula is C22H29N3O. The number of aryl methyl sites for hydroxylation is 1. The van der Waals surface area contributed by atoms with Gasteiger partial charge in [0.25, 0.3) is 0 Å². The molecule has 2 aromatic rings. The molecule has 1 saturated heterocycles. The van der Waals surface area contributed by atoms with Crippen molar-refractivity contribution in [1.82, 2.24) is 9.91 Å². The van der Waals surface area contributed by atoms with Gasteiger partial charge in [-0.2, -0.15) is 5.10 Å². The van der Waals surface area contributed by atoms with Gasteiger partial charge in [-0.3, -0.25) is 9.91 Å². The molecule has 0 aromatic heterocycles. The van der Waals surface area contributed by atoms with Gasteiger partial charge in [0.2, 0.25) is 0 Å². The molecule has 0 bridgehead atoms. The summed E-state index contributed by atoms with van der Waals surface area (Å²) < 4.78 is 5.61. The topological polar surface area (TPSA) is 28.1 Å². The third-order valence-electron chi connectivity index (χ3n) is 4.60. The minimum absolute atomic E-state index is 0.764. The number of nitrogens with zero attached hydrogens (tertiary/aromatic N) is 3. The van der Waals surface area contributed by atoms with E-state index >= 15 is 0 Å². The Morgan fingerprint density at radius 1 is 0.962 bits per heavy atom. The molecule has 1 heterocycles. The van der Waals surface area contributed by atoms with Crippen LogP contribution >= 0.6 is 0 Å². The normalized spacial score (nSPS) is 15.5. The molecule has 1 fully saturated rings. The maximum absolute atomic E-state index is 5.61. The largest absolute Gasteiger partial charge is 0.494 e. The van der Waals surface area contributed by atoms with Crippen molar-refractivity contribution < 1.29 is 4.74 Å². The minimum Gasteiger partial charge on any atom is -0.494 e. The van der Waals surface area contributed by atoms with Crippen molar-refractivity contribution in [3.05, 3.63) is 65.2 Å². The summed E-state index contributed by atoms with van der Waals surface area (Å²) in [6.45, 7) is 10.1. The molecule has 0 amide bonds. The number of rotatable bonds is 7.